The number of carbonyl (C=O) groups is 6. The molecule has 6 N–H and O–H groups in total. The molecule has 0 saturated carbocycles. The van der Waals surface area contributed by atoms with Crippen molar-refractivity contribution < 1.29 is 42.3 Å². The molecule has 18 nitrogen and oxygen atoms in total. The molecule has 1 aliphatic heterocycles. The summed E-state index contributed by atoms with van der Waals surface area (Å²) in [5, 5.41) is 27.2. The number of unbranched alkanes of at least 4 members (excludes halogenated alkanes) is 10. The molecule has 78 heavy (non-hydrogen) atoms. The normalized spacial score (nSPS) is 15.3. The van der Waals surface area contributed by atoms with Gasteiger partial charge in [-0.15, -0.1) is 22.7 Å². The monoisotopic (exact) mass is 1130 g/mol. The number of aromatic nitrogens is 3. The minimum Gasteiger partial charge on any atom is -0.391 e. The largest absolute Gasteiger partial charge is 0.391 e. The number of rotatable bonds is 30. The first kappa shape index (κ1) is 60.9. The van der Waals surface area contributed by atoms with Crippen molar-refractivity contribution in [2.45, 2.75) is 161 Å². The number of anilines is 1. The van der Waals surface area contributed by atoms with Crippen LogP contribution >= 0.6 is 22.7 Å². The number of nitrogens with one attached hydrogen (secondary N) is 5. The number of benzene rings is 2. The Morgan fingerprint density at radius 1 is 0.782 bits per heavy atom. The van der Waals surface area contributed by atoms with Crippen molar-refractivity contribution in [3.8, 4) is 21.7 Å². The molecule has 0 bridgehead atoms. The van der Waals surface area contributed by atoms with Crippen LogP contribution in [0.5, 0.6) is 0 Å². The molecular weight excluding hydrogens is 1050 g/mol. The van der Waals surface area contributed by atoms with Crippen LogP contribution in [0.15, 0.2) is 83.9 Å². The van der Waals surface area contributed by atoms with Gasteiger partial charge < -0.3 is 36.6 Å². The van der Waals surface area contributed by atoms with E-state index in [1.54, 1.807) is 11.3 Å². The fourth-order valence-corrected chi connectivity index (χ4v) is 11.4. The fraction of sp³-hybridized carbons (Fsp3) is 0.509. The van der Waals surface area contributed by atoms with Gasteiger partial charge in [0.05, 0.1) is 39.7 Å². The molecule has 0 aliphatic carbocycles. The first-order valence-corrected chi connectivity index (χ1v) is 30.7. The minimum absolute atomic E-state index is 0.0186. The van der Waals surface area contributed by atoms with E-state index < -0.39 is 51.5 Å². The highest BCUT2D eigenvalue weighted by Gasteiger charge is 2.44. The number of hydrogen-bond donors (Lipinski definition) is 6. The van der Waals surface area contributed by atoms with Crippen LogP contribution in [0.25, 0.3) is 21.7 Å². The van der Waals surface area contributed by atoms with Crippen LogP contribution in [0.1, 0.15) is 145 Å². The average molecular weight is 1130 g/mol. The maximum atomic E-state index is 14.0. The zero-order valence-electron chi connectivity index (χ0n) is 45.6. The average Bonchev–Trinajstić information content (AvgIpc) is 4.30. The lowest BCUT2D eigenvalue weighted by molar-refractivity contribution is -0.144. The van der Waals surface area contributed by atoms with E-state index in [1.807, 2.05) is 93.2 Å². The smallest absolute Gasteiger partial charge is 0.253 e. The van der Waals surface area contributed by atoms with Gasteiger partial charge in [-0.3, -0.25) is 32.7 Å². The lowest BCUT2D eigenvalue weighted by Crippen LogP contribution is -2.57. The number of aliphatic hydroxyl groups excluding tert-OH is 1. The Hall–Kier alpha value is -6.29. The molecule has 5 aromatic rings. The van der Waals surface area contributed by atoms with Gasteiger partial charge in [-0.05, 0) is 61.6 Å². The van der Waals surface area contributed by atoms with Crippen LogP contribution in [-0.4, -0.2) is 111 Å². The number of aryl methyl sites for hydroxylation is 1. The van der Waals surface area contributed by atoms with Crippen LogP contribution < -0.4 is 26.6 Å². The van der Waals surface area contributed by atoms with Gasteiger partial charge >= 0.3 is 0 Å². The van der Waals surface area contributed by atoms with Crippen molar-refractivity contribution in [2.75, 3.05) is 24.7 Å². The highest BCUT2D eigenvalue weighted by atomic mass is 32.2. The van der Waals surface area contributed by atoms with Crippen molar-refractivity contribution in [1.29, 1.82) is 0 Å². The molecule has 6 rings (SSSR count). The molecule has 1 aliphatic rings. The number of hydrogen-bond acceptors (Lipinski definition) is 13. The number of nitrogens with zero attached hydrogens (tertiary/aromatic N) is 4. The van der Waals surface area contributed by atoms with Crippen LogP contribution in [0, 0.1) is 12.3 Å². The van der Waals surface area contributed by atoms with Gasteiger partial charge in [-0.2, -0.15) is 0 Å². The molecule has 0 radical (unpaired) electrons. The van der Waals surface area contributed by atoms with E-state index in [-0.39, 0.29) is 55.1 Å². The highest BCUT2D eigenvalue weighted by molar-refractivity contribution is 7.89. The summed E-state index contributed by atoms with van der Waals surface area (Å²) in [5.41, 5.74) is 5.81. The van der Waals surface area contributed by atoms with E-state index in [1.165, 1.54) is 34.7 Å². The number of likely N-dealkylation sites (tertiary alicyclic amines) is 1. The quantitative estimate of drug-likeness (QED) is 0.0238. The van der Waals surface area contributed by atoms with Crippen LogP contribution in [0.3, 0.4) is 0 Å². The third-order valence-electron chi connectivity index (χ3n) is 13.7. The summed E-state index contributed by atoms with van der Waals surface area (Å²) in [4.78, 5) is 91.3. The summed E-state index contributed by atoms with van der Waals surface area (Å²) in [6.45, 7) is 8.33. The second-order valence-electron chi connectivity index (χ2n) is 21.2. The molecule has 1 fully saturated rings. The van der Waals surface area contributed by atoms with Crippen molar-refractivity contribution in [3.63, 3.8) is 0 Å². The Bertz CT molecular complexity index is 2880. The highest BCUT2D eigenvalue weighted by Crippen LogP contribution is 2.29. The number of carbonyl (C=O) groups excluding carboxylic acids is 6. The lowest BCUT2D eigenvalue weighted by Gasteiger charge is -2.35. The Labute approximate surface area is 467 Å². The zero-order valence-corrected chi connectivity index (χ0v) is 48.0. The summed E-state index contributed by atoms with van der Waals surface area (Å²) in [6, 6.07) is 16.2. The Kier molecular flexibility index (Phi) is 23.1. The molecule has 3 aromatic heterocycles. The molecule has 0 spiro atoms. The summed E-state index contributed by atoms with van der Waals surface area (Å²) in [6.07, 6.45) is 14.6. The van der Waals surface area contributed by atoms with Gasteiger partial charge in [0.2, 0.25) is 39.6 Å². The topological polar surface area (TPSA) is 251 Å². The van der Waals surface area contributed by atoms with Crippen LogP contribution in [0.4, 0.5) is 5.13 Å². The van der Waals surface area contributed by atoms with Gasteiger partial charge in [-0.1, -0.05) is 127 Å². The van der Waals surface area contributed by atoms with E-state index in [4.69, 9.17) is 0 Å². The van der Waals surface area contributed by atoms with Crippen molar-refractivity contribution in [1.82, 2.24) is 40.1 Å². The second-order valence-corrected chi connectivity index (χ2v) is 24.8. The number of amides is 6. The fourth-order valence-electron chi connectivity index (χ4n) is 9.28. The molecule has 0 unspecified atom stereocenters. The summed E-state index contributed by atoms with van der Waals surface area (Å²) in [7, 11) is -3.60. The number of aliphatic hydroxyl groups is 1. The van der Waals surface area contributed by atoms with Crippen molar-refractivity contribution in [2.24, 2.45) is 5.41 Å². The van der Waals surface area contributed by atoms with Gasteiger partial charge in [0.15, 0.2) is 5.13 Å². The minimum atomic E-state index is -3.60. The van der Waals surface area contributed by atoms with E-state index >= 15 is 0 Å². The Morgan fingerprint density at radius 3 is 2.05 bits per heavy atom. The Balaban J connectivity index is 0.805. The summed E-state index contributed by atoms with van der Waals surface area (Å²) < 4.78 is 24.9. The molecule has 4 heterocycles. The Morgan fingerprint density at radius 2 is 1.44 bits per heavy atom. The van der Waals surface area contributed by atoms with Crippen molar-refractivity contribution >= 4 is 73.3 Å². The molecule has 422 valence electrons. The van der Waals surface area contributed by atoms with Gasteiger partial charge in [0.1, 0.15) is 18.1 Å². The molecule has 21 heteroatoms. The predicted octanol–water partition coefficient (Wildman–Crippen LogP) is 8.37. The first-order valence-electron chi connectivity index (χ1n) is 27.1. The summed E-state index contributed by atoms with van der Waals surface area (Å²) in [5.74, 6) is -2.01. The predicted molar refractivity (Wildman–Crippen MR) is 306 cm³/mol. The molecular formula is C57H77N9O9S3. The van der Waals surface area contributed by atoms with E-state index in [0.717, 1.165) is 95.3 Å². The van der Waals surface area contributed by atoms with E-state index in [9.17, 15) is 42.3 Å². The van der Waals surface area contributed by atoms with Gasteiger partial charge in [0, 0.05) is 62.2 Å². The van der Waals surface area contributed by atoms with Gasteiger partial charge in [-0.25, -0.2) is 18.4 Å². The maximum Gasteiger partial charge on any atom is 0.253 e. The van der Waals surface area contributed by atoms with Gasteiger partial charge in [0.25, 0.3) is 5.91 Å². The molecule has 1 saturated heterocycles. The first-order chi connectivity index (χ1) is 37.3. The molecule has 6 amide bonds. The van der Waals surface area contributed by atoms with Crippen LogP contribution in [0.2, 0.25) is 0 Å². The lowest BCUT2D eigenvalue weighted by atomic mass is 9.85. The number of β-amino-alcohol motifs (C(OH)–C–C–N with tert-alkyl or cyclic N) is 1. The summed E-state index contributed by atoms with van der Waals surface area (Å²) >= 11 is 2.84. The molecule has 4 atom stereocenters. The maximum absolute atomic E-state index is 14.0. The third kappa shape index (κ3) is 19.0. The number of thiazole rings is 2. The SMILES string of the molecule is Cc1ncsc1-c1ccc(CNC(=O)[C@@H]2C[C@@H](O)CN2C(=O)[C@@H](NC(=O)CCCCCCCCCCCCC(=O)NCCCC[C@H](NC(=O)c2ccn(S(C)(=O)=O)c2)C(=O)Nc2nc(-c3ccccc3)cs2)C(C)(C)C)cc1. The molecule has 2 aromatic carbocycles. The van der Waals surface area contributed by atoms with E-state index in [2.05, 4.69) is 36.6 Å². The third-order valence-corrected chi connectivity index (χ3v) is 16.5. The zero-order chi connectivity index (χ0) is 56.2. The second kappa shape index (κ2) is 29.6. The van der Waals surface area contributed by atoms with Crippen LogP contribution in [-0.2, 0) is 40.5 Å². The standard InChI is InChI=1S/C57H77N9O9S3/c1-39-50(77-38-60-39)42-28-26-40(27-29-42)34-59-54(72)47-33-44(67)36-66(47)55(73)51(57(2,3)4)63-49(69)25-18-13-11-9-7-6-8-10-12-17-24-48(68)58-31-20-19-23-45(61-52(70)43-30-32-65(35-43)78(5,74)75)53(71)64-56-62-46(37-76-56)41-21-15-14-16-22-41/h14-16,21-22,26-30,32,35,37-38,44-45,47,51,67H,6-13,17-20,23-25,31,33-34,36H2,1-5H3,(H,58,68)(H,59,72)(H,61,70)(H,63,69)(H,62,64,71)/t44-,45+,47+,51-/m1/s1. The van der Waals surface area contributed by atoms with Crippen molar-refractivity contribution in [3.05, 3.63) is 101 Å². The van der Waals surface area contributed by atoms with E-state index in [0.29, 0.717) is 49.5 Å².